The minimum Gasteiger partial charge on any atom is -0.487 e. The third-order valence-electron chi connectivity index (χ3n) is 5.40. The van der Waals surface area contributed by atoms with Crippen molar-refractivity contribution in [2.45, 2.75) is 78.3 Å². The number of rotatable bonds is 4. The van der Waals surface area contributed by atoms with Crippen LogP contribution in [0.4, 0.5) is 26.3 Å². The maximum atomic E-state index is 13.8. The van der Waals surface area contributed by atoms with Gasteiger partial charge in [0.05, 0.1) is 0 Å². The lowest BCUT2D eigenvalue weighted by atomic mass is 9.84. The zero-order valence-corrected chi connectivity index (χ0v) is 17.4. The molecule has 0 saturated heterocycles. The van der Waals surface area contributed by atoms with Crippen molar-refractivity contribution in [3.63, 3.8) is 0 Å². The second-order valence-electron chi connectivity index (χ2n) is 7.83. The van der Waals surface area contributed by atoms with E-state index in [1.807, 2.05) is 0 Å². The Hall–Kier alpha value is -2.19. The average Bonchev–Trinajstić information content (AvgIpc) is 2.57. The highest BCUT2D eigenvalue weighted by Gasteiger charge is 2.44. The summed E-state index contributed by atoms with van der Waals surface area (Å²) in [6, 6.07) is 0. The molecule has 0 bridgehead atoms. The summed E-state index contributed by atoms with van der Waals surface area (Å²) in [7, 11) is 0. The maximum absolute atomic E-state index is 13.8. The number of carbonyl (C=O) groups is 1. The van der Waals surface area contributed by atoms with E-state index in [0.29, 0.717) is 5.56 Å². The van der Waals surface area contributed by atoms with Crippen LogP contribution in [0.2, 0.25) is 0 Å². The quantitative estimate of drug-likeness (QED) is 0.229. The molecule has 9 heteroatoms. The normalized spacial score (nSPS) is 19.9. The van der Waals surface area contributed by atoms with Gasteiger partial charge in [0.2, 0.25) is 0 Å². The zero-order valence-electron chi connectivity index (χ0n) is 17.4. The lowest BCUT2D eigenvalue weighted by Crippen LogP contribution is -2.37. The van der Waals surface area contributed by atoms with Gasteiger partial charge in [0.1, 0.15) is 22.7 Å². The first-order valence-electron chi connectivity index (χ1n) is 9.41. The van der Waals surface area contributed by atoms with Gasteiger partial charge in [-0.2, -0.15) is 26.3 Å². The Labute approximate surface area is 171 Å². The number of ether oxygens (including phenoxy) is 2. The van der Waals surface area contributed by atoms with Crippen molar-refractivity contribution in [3.05, 3.63) is 33.9 Å². The molecule has 168 valence electrons. The fraction of sp³-hybridized carbons (Fsp3) is 0.571. The van der Waals surface area contributed by atoms with Gasteiger partial charge in [-0.15, -0.1) is 0 Å². The van der Waals surface area contributed by atoms with Gasteiger partial charge in [-0.1, -0.05) is 6.08 Å². The summed E-state index contributed by atoms with van der Waals surface area (Å²) in [5.74, 6) is -1.33. The summed E-state index contributed by atoms with van der Waals surface area (Å²) in [6.07, 6.45) is -7.65. The van der Waals surface area contributed by atoms with E-state index in [4.69, 9.17) is 9.47 Å². The van der Waals surface area contributed by atoms with E-state index in [0.717, 1.165) is 19.9 Å². The van der Waals surface area contributed by atoms with E-state index in [2.05, 4.69) is 0 Å². The molecule has 30 heavy (non-hydrogen) atoms. The van der Waals surface area contributed by atoms with Gasteiger partial charge in [-0.05, 0) is 64.5 Å². The highest BCUT2D eigenvalue weighted by molar-refractivity contribution is 5.72. The van der Waals surface area contributed by atoms with Crippen LogP contribution >= 0.6 is 0 Å². The number of esters is 1. The summed E-state index contributed by atoms with van der Waals surface area (Å²) < 4.78 is 90.3. The summed E-state index contributed by atoms with van der Waals surface area (Å²) in [4.78, 5) is 11.4. The van der Waals surface area contributed by atoms with E-state index < -0.39 is 40.8 Å². The van der Waals surface area contributed by atoms with Crippen LogP contribution in [-0.2, 0) is 17.4 Å². The standard InChI is InChI=1S/C21H24F6O3/c1-11(20(22,23)24)7-6-9-19(5)10-8-15-16(21(25,26)27)18(29-14(4)28)13(3)12(2)17(15)30-19/h7H,6,8-10H2,1-5H3/b11-7-. The molecule has 1 aliphatic heterocycles. The third-order valence-corrected chi connectivity index (χ3v) is 5.40. The second-order valence-corrected chi connectivity index (χ2v) is 7.83. The number of alkyl halides is 6. The Bertz CT molecular complexity index is 867. The summed E-state index contributed by atoms with van der Waals surface area (Å²) >= 11 is 0. The average molecular weight is 438 g/mol. The predicted octanol–water partition coefficient (Wildman–Crippen LogP) is 6.62. The summed E-state index contributed by atoms with van der Waals surface area (Å²) in [5, 5.41) is 0. The second kappa shape index (κ2) is 8.15. The van der Waals surface area contributed by atoms with Gasteiger partial charge in [-0.25, -0.2) is 0 Å². The lowest BCUT2D eigenvalue weighted by Gasteiger charge is -2.38. The number of benzene rings is 1. The molecule has 0 radical (unpaired) electrons. The van der Waals surface area contributed by atoms with Gasteiger partial charge in [0, 0.05) is 18.1 Å². The van der Waals surface area contributed by atoms with Crippen LogP contribution in [0.25, 0.3) is 0 Å². The van der Waals surface area contributed by atoms with Crippen molar-refractivity contribution < 1.29 is 40.6 Å². The Balaban J connectivity index is 2.44. The van der Waals surface area contributed by atoms with E-state index in [9.17, 15) is 31.1 Å². The Morgan fingerprint density at radius 3 is 2.23 bits per heavy atom. The fourth-order valence-corrected chi connectivity index (χ4v) is 3.53. The third kappa shape index (κ3) is 5.10. The highest BCUT2D eigenvalue weighted by atomic mass is 19.4. The molecule has 0 N–H and O–H groups in total. The Kier molecular flexibility index (Phi) is 6.54. The molecule has 1 atom stereocenters. The topological polar surface area (TPSA) is 35.5 Å². The SMILES string of the molecule is CC(=O)Oc1c(C)c(C)c2c(c1C(F)(F)F)CCC(C)(CC/C=C(/C)C(F)(F)F)O2. The molecule has 2 rings (SSSR count). The van der Waals surface area contributed by atoms with Crippen LogP contribution in [0.1, 0.15) is 62.3 Å². The van der Waals surface area contributed by atoms with Crippen LogP contribution in [0, 0.1) is 13.8 Å². The number of halogens is 6. The van der Waals surface area contributed by atoms with Gasteiger partial charge in [-0.3, -0.25) is 4.79 Å². The molecule has 0 aromatic heterocycles. The van der Waals surface area contributed by atoms with Crippen molar-refractivity contribution in [1.29, 1.82) is 0 Å². The van der Waals surface area contributed by atoms with Crippen molar-refractivity contribution in [2.75, 3.05) is 0 Å². The van der Waals surface area contributed by atoms with Crippen molar-refractivity contribution in [3.8, 4) is 11.5 Å². The van der Waals surface area contributed by atoms with E-state index >= 15 is 0 Å². The Morgan fingerprint density at radius 1 is 1.13 bits per heavy atom. The summed E-state index contributed by atoms with van der Waals surface area (Å²) in [6.45, 7) is 6.65. The van der Waals surface area contributed by atoms with Crippen molar-refractivity contribution in [2.24, 2.45) is 0 Å². The maximum Gasteiger partial charge on any atom is 0.420 e. The van der Waals surface area contributed by atoms with Crippen molar-refractivity contribution in [1.82, 2.24) is 0 Å². The molecule has 3 nitrogen and oxygen atoms in total. The van der Waals surface area contributed by atoms with Gasteiger partial charge < -0.3 is 9.47 Å². The number of carbonyl (C=O) groups excluding carboxylic acids is 1. The van der Waals surface area contributed by atoms with Gasteiger partial charge in [0.25, 0.3) is 0 Å². The molecular formula is C21H24F6O3. The van der Waals surface area contributed by atoms with E-state index in [-0.39, 0.29) is 42.6 Å². The van der Waals surface area contributed by atoms with Gasteiger partial charge in [0.15, 0.2) is 0 Å². The summed E-state index contributed by atoms with van der Waals surface area (Å²) in [5.41, 5.74) is -2.24. The Morgan fingerprint density at radius 2 is 1.73 bits per heavy atom. The van der Waals surface area contributed by atoms with E-state index in [1.54, 1.807) is 13.8 Å². The molecule has 1 aliphatic rings. The molecule has 1 heterocycles. The van der Waals surface area contributed by atoms with E-state index in [1.165, 1.54) is 6.92 Å². The van der Waals surface area contributed by atoms with Gasteiger partial charge >= 0.3 is 18.3 Å². The number of hydrogen-bond acceptors (Lipinski definition) is 3. The van der Waals surface area contributed by atoms with Crippen LogP contribution in [0.15, 0.2) is 11.6 Å². The first-order valence-corrected chi connectivity index (χ1v) is 9.41. The van der Waals surface area contributed by atoms with Crippen LogP contribution in [0.3, 0.4) is 0 Å². The molecule has 0 spiro atoms. The smallest absolute Gasteiger partial charge is 0.420 e. The highest BCUT2D eigenvalue weighted by Crippen LogP contribution is 2.50. The number of allylic oxidation sites excluding steroid dienone is 2. The molecule has 0 fully saturated rings. The molecule has 1 aromatic rings. The van der Waals surface area contributed by atoms with Crippen LogP contribution in [-0.4, -0.2) is 17.7 Å². The monoisotopic (exact) mass is 438 g/mol. The first kappa shape index (κ1) is 24.1. The minimum atomic E-state index is -4.77. The molecule has 0 amide bonds. The fourth-order valence-electron chi connectivity index (χ4n) is 3.53. The molecule has 1 unspecified atom stereocenters. The zero-order chi connectivity index (χ0) is 23.1. The van der Waals surface area contributed by atoms with Crippen LogP contribution < -0.4 is 9.47 Å². The lowest BCUT2D eigenvalue weighted by molar-refractivity contribution is -0.142. The minimum absolute atomic E-state index is 0.00196. The molecule has 0 aliphatic carbocycles. The number of hydrogen-bond donors (Lipinski definition) is 0. The molecule has 0 saturated carbocycles. The first-order chi connectivity index (χ1) is 13.6. The number of fused-ring (bicyclic) bond motifs is 1. The largest absolute Gasteiger partial charge is 0.487 e. The van der Waals surface area contributed by atoms with Crippen LogP contribution in [0.5, 0.6) is 11.5 Å². The molecular weight excluding hydrogens is 414 g/mol. The predicted molar refractivity (Wildman–Crippen MR) is 98.6 cm³/mol. The van der Waals surface area contributed by atoms with Crippen molar-refractivity contribution >= 4 is 5.97 Å². The molecule has 1 aromatic carbocycles.